The molecule has 134 valence electrons. The van der Waals surface area contributed by atoms with Crippen LogP contribution in [0.2, 0.25) is 0 Å². The molecule has 5 nitrogen and oxygen atoms in total. The Morgan fingerprint density at radius 1 is 1.40 bits per heavy atom. The zero-order chi connectivity index (χ0) is 17.6. The predicted molar refractivity (Wildman–Crippen MR) is 105 cm³/mol. The summed E-state index contributed by atoms with van der Waals surface area (Å²) < 4.78 is 1.88. The van der Waals surface area contributed by atoms with Gasteiger partial charge in [-0.25, -0.2) is 0 Å². The van der Waals surface area contributed by atoms with Crippen LogP contribution in [0.15, 0.2) is 52.6 Å². The molecular formula is C19H27N5S. The van der Waals surface area contributed by atoms with Crippen molar-refractivity contribution in [2.75, 3.05) is 26.7 Å². The number of hydrogen-bond acceptors (Lipinski definition) is 3. The van der Waals surface area contributed by atoms with Gasteiger partial charge in [-0.1, -0.05) is 25.1 Å². The minimum absolute atomic E-state index is 0.482. The average Bonchev–Trinajstić information content (AvgIpc) is 3.25. The van der Waals surface area contributed by atoms with Gasteiger partial charge in [0.15, 0.2) is 5.96 Å². The molecule has 1 N–H and O–H groups in total. The minimum atomic E-state index is 0.482. The van der Waals surface area contributed by atoms with Crippen LogP contribution in [0.5, 0.6) is 0 Å². The molecule has 1 aliphatic heterocycles. The maximum Gasteiger partial charge on any atom is 0.193 e. The van der Waals surface area contributed by atoms with E-state index in [1.807, 2.05) is 36.7 Å². The lowest BCUT2D eigenvalue weighted by molar-refractivity contribution is 0.486. The van der Waals surface area contributed by atoms with Crippen LogP contribution in [0.25, 0.3) is 0 Å². The molecule has 0 saturated carbocycles. The second kappa shape index (κ2) is 8.43. The van der Waals surface area contributed by atoms with Gasteiger partial charge >= 0.3 is 0 Å². The zero-order valence-corrected chi connectivity index (χ0v) is 16.0. The van der Waals surface area contributed by atoms with Gasteiger partial charge in [-0.15, -0.1) is 11.8 Å². The summed E-state index contributed by atoms with van der Waals surface area (Å²) in [4.78, 5) is 8.15. The number of likely N-dealkylation sites (tertiary alicyclic amines) is 1. The Hall–Kier alpha value is -1.95. The summed E-state index contributed by atoms with van der Waals surface area (Å²) in [6, 6.07) is 10.6. The van der Waals surface area contributed by atoms with Crippen molar-refractivity contribution in [1.82, 2.24) is 20.0 Å². The van der Waals surface area contributed by atoms with E-state index < -0.39 is 0 Å². The Kier molecular flexibility index (Phi) is 6.02. The van der Waals surface area contributed by atoms with Crippen LogP contribution in [-0.2, 0) is 7.05 Å². The van der Waals surface area contributed by atoms with Gasteiger partial charge in [-0.3, -0.25) is 9.67 Å². The van der Waals surface area contributed by atoms with Crippen LogP contribution in [0.4, 0.5) is 0 Å². The van der Waals surface area contributed by atoms with E-state index in [0.717, 1.165) is 32.0 Å². The topological polar surface area (TPSA) is 45.5 Å². The third-order valence-corrected chi connectivity index (χ3v) is 5.64. The Labute approximate surface area is 154 Å². The Morgan fingerprint density at radius 3 is 2.88 bits per heavy atom. The standard InChI is InChI=1S/C19H27N5S/c1-15(25-18-7-5-4-6-8-18)11-21-19(20-2)24-10-9-16(14-24)17-12-22-23(3)13-17/h4-8,12-13,15-16H,9-11,14H2,1-3H3,(H,20,21). The first kappa shape index (κ1) is 17.9. The Morgan fingerprint density at radius 2 is 2.20 bits per heavy atom. The average molecular weight is 358 g/mol. The lowest BCUT2D eigenvalue weighted by atomic mass is 10.0. The van der Waals surface area contributed by atoms with Gasteiger partial charge in [0.2, 0.25) is 0 Å². The molecule has 0 amide bonds. The normalized spacial score (nSPS) is 19.2. The Bertz CT molecular complexity index is 697. The lowest BCUT2D eigenvalue weighted by Gasteiger charge is -2.23. The largest absolute Gasteiger partial charge is 0.355 e. The highest BCUT2D eigenvalue weighted by Crippen LogP contribution is 2.27. The number of nitrogens with one attached hydrogen (secondary N) is 1. The molecule has 0 spiro atoms. The summed E-state index contributed by atoms with van der Waals surface area (Å²) in [6.07, 6.45) is 5.27. The highest BCUT2D eigenvalue weighted by atomic mass is 32.2. The minimum Gasteiger partial charge on any atom is -0.355 e. The summed E-state index contributed by atoms with van der Waals surface area (Å²) in [6.45, 7) is 5.20. The highest BCUT2D eigenvalue weighted by molar-refractivity contribution is 8.00. The van der Waals surface area contributed by atoms with E-state index in [-0.39, 0.29) is 0 Å². The number of thioether (sulfide) groups is 1. The molecule has 1 fully saturated rings. The zero-order valence-electron chi connectivity index (χ0n) is 15.2. The number of hydrogen-bond donors (Lipinski definition) is 1. The number of guanidine groups is 1. The second-order valence-corrected chi connectivity index (χ2v) is 8.06. The second-order valence-electron chi connectivity index (χ2n) is 6.55. The van der Waals surface area contributed by atoms with Gasteiger partial charge in [-0.2, -0.15) is 5.10 Å². The first-order valence-corrected chi connectivity index (χ1v) is 9.69. The third-order valence-electron chi connectivity index (χ3n) is 4.52. The maximum atomic E-state index is 4.48. The quantitative estimate of drug-likeness (QED) is 0.508. The molecule has 0 aliphatic carbocycles. The SMILES string of the molecule is CN=C(NCC(C)Sc1ccccc1)N1CCC(c2cnn(C)c2)C1. The molecule has 1 aromatic heterocycles. The molecule has 0 bridgehead atoms. The molecule has 2 heterocycles. The van der Waals surface area contributed by atoms with Crippen LogP contribution in [0.1, 0.15) is 24.8 Å². The summed E-state index contributed by atoms with van der Waals surface area (Å²) in [5.74, 6) is 1.55. The molecule has 2 unspecified atom stereocenters. The van der Waals surface area contributed by atoms with Crippen molar-refractivity contribution in [2.24, 2.45) is 12.0 Å². The number of aryl methyl sites for hydroxylation is 1. The number of rotatable bonds is 5. The molecule has 2 aromatic rings. The van der Waals surface area contributed by atoms with Crippen LogP contribution in [0.3, 0.4) is 0 Å². The van der Waals surface area contributed by atoms with Crippen molar-refractivity contribution in [2.45, 2.75) is 29.4 Å². The number of aliphatic imine (C=N–C) groups is 1. The molecule has 3 rings (SSSR count). The van der Waals surface area contributed by atoms with E-state index in [9.17, 15) is 0 Å². The van der Waals surface area contributed by atoms with Gasteiger partial charge in [0.1, 0.15) is 0 Å². The molecule has 0 radical (unpaired) electrons. The molecular weight excluding hydrogens is 330 g/mol. The van der Waals surface area contributed by atoms with E-state index in [2.05, 4.69) is 63.8 Å². The fourth-order valence-electron chi connectivity index (χ4n) is 3.22. The summed E-state index contributed by atoms with van der Waals surface area (Å²) >= 11 is 1.89. The van der Waals surface area contributed by atoms with Gasteiger partial charge < -0.3 is 10.2 Å². The molecule has 25 heavy (non-hydrogen) atoms. The van der Waals surface area contributed by atoms with E-state index >= 15 is 0 Å². The molecule has 1 aromatic carbocycles. The fraction of sp³-hybridized carbons (Fsp3) is 0.474. The Balaban J connectivity index is 1.49. The summed E-state index contributed by atoms with van der Waals surface area (Å²) in [5.41, 5.74) is 1.33. The molecule has 2 atom stereocenters. The number of nitrogens with zero attached hydrogens (tertiary/aromatic N) is 4. The van der Waals surface area contributed by atoms with Gasteiger partial charge in [0.05, 0.1) is 6.20 Å². The van der Waals surface area contributed by atoms with E-state index in [4.69, 9.17) is 0 Å². The number of aromatic nitrogens is 2. The van der Waals surface area contributed by atoms with Crippen LogP contribution in [-0.4, -0.2) is 52.6 Å². The highest BCUT2D eigenvalue weighted by Gasteiger charge is 2.27. The fourth-order valence-corrected chi connectivity index (χ4v) is 4.16. The van der Waals surface area contributed by atoms with E-state index in [1.165, 1.54) is 10.5 Å². The van der Waals surface area contributed by atoms with Gasteiger partial charge in [-0.05, 0) is 24.1 Å². The molecule has 1 saturated heterocycles. The molecule has 1 aliphatic rings. The van der Waals surface area contributed by atoms with Gasteiger partial charge in [0.25, 0.3) is 0 Å². The van der Waals surface area contributed by atoms with Crippen molar-refractivity contribution < 1.29 is 0 Å². The maximum absolute atomic E-state index is 4.48. The monoisotopic (exact) mass is 357 g/mol. The number of benzene rings is 1. The van der Waals surface area contributed by atoms with Gasteiger partial charge in [0, 0.05) is 56.0 Å². The van der Waals surface area contributed by atoms with E-state index in [0.29, 0.717) is 11.2 Å². The summed E-state index contributed by atoms with van der Waals surface area (Å²) in [7, 11) is 3.84. The van der Waals surface area contributed by atoms with E-state index in [1.54, 1.807) is 0 Å². The molecule has 6 heteroatoms. The smallest absolute Gasteiger partial charge is 0.193 e. The van der Waals surface area contributed by atoms with Crippen molar-refractivity contribution in [3.8, 4) is 0 Å². The van der Waals surface area contributed by atoms with Crippen LogP contribution < -0.4 is 5.32 Å². The summed E-state index contributed by atoms with van der Waals surface area (Å²) in [5, 5.41) is 8.33. The van der Waals surface area contributed by atoms with Crippen molar-refractivity contribution in [1.29, 1.82) is 0 Å². The first-order valence-electron chi connectivity index (χ1n) is 8.81. The van der Waals surface area contributed by atoms with Crippen LogP contribution in [0, 0.1) is 0 Å². The van der Waals surface area contributed by atoms with Crippen molar-refractivity contribution in [3.05, 3.63) is 48.3 Å². The third kappa shape index (κ3) is 4.78. The van der Waals surface area contributed by atoms with Crippen molar-refractivity contribution >= 4 is 17.7 Å². The van der Waals surface area contributed by atoms with Crippen molar-refractivity contribution in [3.63, 3.8) is 0 Å². The van der Waals surface area contributed by atoms with Crippen LogP contribution >= 0.6 is 11.8 Å². The predicted octanol–water partition coefficient (Wildman–Crippen LogP) is 2.97. The lowest BCUT2D eigenvalue weighted by Crippen LogP contribution is -2.42. The first-order chi connectivity index (χ1) is 12.2.